The Labute approximate surface area is 153 Å². The van der Waals surface area contributed by atoms with Crippen molar-refractivity contribution in [1.29, 1.82) is 0 Å². The largest absolute Gasteiger partial charge is 0.366 e. The van der Waals surface area contributed by atoms with Gasteiger partial charge in [0.05, 0.1) is 16.3 Å². The summed E-state index contributed by atoms with van der Waals surface area (Å²) in [4.78, 5) is 30.0. The number of benzene rings is 1. The third-order valence-corrected chi connectivity index (χ3v) is 5.59. The average Bonchev–Trinajstić information content (AvgIpc) is 3.31. The highest BCUT2D eigenvalue weighted by Gasteiger charge is 2.43. The van der Waals surface area contributed by atoms with Crippen molar-refractivity contribution >= 4 is 46.0 Å². The van der Waals surface area contributed by atoms with Gasteiger partial charge < -0.3 is 4.90 Å². The molecule has 0 radical (unpaired) electrons. The van der Waals surface area contributed by atoms with Gasteiger partial charge in [-0.2, -0.15) is 0 Å². The smallest absolute Gasteiger partial charge is 0.282 e. The van der Waals surface area contributed by atoms with Crippen LogP contribution in [0.2, 0.25) is 5.02 Å². The molecule has 4 rings (SSSR count). The lowest BCUT2D eigenvalue weighted by Crippen LogP contribution is -2.34. The van der Waals surface area contributed by atoms with E-state index in [1.165, 1.54) is 23.5 Å². The Morgan fingerprint density at radius 1 is 1.08 bits per heavy atom. The fraction of sp³-hybridized carbons (Fsp3) is 0.222. The maximum absolute atomic E-state index is 13.5. The minimum atomic E-state index is -0.587. The molecule has 7 heteroatoms. The van der Waals surface area contributed by atoms with E-state index < -0.39 is 11.7 Å². The van der Waals surface area contributed by atoms with Gasteiger partial charge in [-0.05, 0) is 42.5 Å². The molecule has 1 fully saturated rings. The Balaban J connectivity index is 1.82. The minimum absolute atomic E-state index is 0.120. The van der Waals surface area contributed by atoms with Gasteiger partial charge in [0, 0.05) is 18.0 Å². The van der Waals surface area contributed by atoms with Crippen LogP contribution in [0.15, 0.2) is 41.4 Å². The molecule has 0 saturated carbocycles. The lowest BCUT2D eigenvalue weighted by atomic mass is 10.2. The Bertz CT molecular complexity index is 888. The molecule has 0 aliphatic carbocycles. The molecule has 2 amide bonds. The Kier molecular flexibility index (Phi) is 4.09. The second kappa shape index (κ2) is 6.28. The highest BCUT2D eigenvalue weighted by molar-refractivity contribution is 7.11. The fourth-order valence-corrected chi connectivity index (χ4v) is 4.19. The van der Waals surface area contributed by atoms with Crippen molar-refractivity contribution in [1.82, 2.24) is 4.90 Å². The van der Waals surface area contributed by atoms with E-state index in [-0.39, 0.29) is 16.6 Å². The fourth-order valence-electron chi connectivity index (χ4n) is 3.25. The van der Waals surface area contributed by atoms with E-state index in [0.717, 1.165) is 41.8 Å². The summed E-state index contributed by atoms with van der Waals surface area (Å²) in [7, 11) is 0. The summed E-state index contributed by atoms with van der Waals surface area (Å²) in [6.07, 6.45) is 1.98. The monoisotopic (exact) mass is 376 g/mol. The number of nitrogens with zero attached hydrogens (tertiary/aromatic N) is 2. The standard InChI is InChI=1S/C18H14ClFN2O2S/c19-12-10-11(5-6-13(12)20)22-17(23)15(14-4-3-9-25-14)16(18(22)24)21-7-1-2-8-21/h3-6,9-10H,1-2,7-8H2. The van der Waals surface area contributed by atoms with E-state index in [0.29, 0.717) is 11.3 Å². The van der Waals surface area contributed by atoms with Crippen LogP contribution in [0.25, 0.3) is 5.57 Å². The lowest BCUT2D eigenvalue weighted by molar-refractivity contribution is -0.120. The molecule has 0 bridgehead atoms. The van der Waals surface area contributed by atoms with Crippen molar-refractivity contribution in [3.05, 3.63) is 57.1 Å². The van der Waals surface area contributed by atoms with Crippen LogP contribution in [0.1, 0.15) is 17.7 Å². The molecule has 128 valence electrons. The summed E-state index contributed by atoms with van der Waals surface area (Å²) in [6.45, 7) is 1.50. The topological polar surface area (TPSA) is 40.6 Å². The van der Waals surface area contributed by atoms with Crippen LogP contribution in [-0.2, 0) is 9.59 Å². The van der Waals surface area contributed by atoms with E-state index in [1.807, 2.05) is 22.4 Å². The third kappa shape index (κ3) is 2.65. The summed E-state index contributed by atoms with van der Waals surface area (Å²) in [5.41, 5.74) is 1.14. The van der Waals surface area contributed by atoms with Crippen molar-refractivity contribution in [3.63, 3.8) is 0 Å². The van der Waals surface area contributed by atoms with Gasteiger partial charge in [0.25, 0.3) is 11.8 Å². The van der Waals surface area contributed by atoms with Gasteiger partial charge in [-0.15, -0.1) is 11.3 Å². The summed E-state index contributed by atoms with van der Waals surface area (Å²) < 4.78 is 13.5. The first-order chi connectivity index (χ1) is 12.1. The molecule has 0 atom stereocenters. The van der Waals surface area contributed by atoms with Crippen LogP contribution in [0.4, 0.5) is 10.1 Å². The van der Waals surface area contributed by atoms with Crippen molar-refractivity contribution < 1.29 is 14.0 Å². The zero-order valence-electron chi connectivity index (χ0n) is 13.2. The Morgan fingerprint density at radius 3 is 2.48 bits per heavy atom. The van der Waals surface area contributed by atoms with Crippen LogP contribution >= 0.6 is 22.9 Å². The number of carbonyl (C=O) groups is 2. The molecule has 25 heavy (non-hydrogen) atoms. The molecular formula is C18H14ClFN2O2S. The molecule has 0 unspecified atom stereocenters. The van der Waals surface area contributed by atoms with Gasteiger partial charge >= 0.3 is 0 Å². The van der Waals surface area contributed by atoms with Crippen molar-refractivity contribution in [2.24, 2.45) is 0 Å². The van der Waals surface area contributed by atoms with E-state index in [1.54, 1.807) is 0 Å². The zero-order valence-corrected chi connectivity index (χ0v) is 14.7. The first-order valence-corrected chi connectivity index (χ1v) is 9.20. The van der Waals surface area contributed by atoms with E-state index in [4.69, 9.17) is 11.6 Å². The predicted molar refractivity (Wildman–Crippen MR) is 95.9 cm³/mol. The number of imide groups is 1. The number of amides is 2. The van der Waals surface area contributed by atoms with Gasteiger partial charge in [-0.3, -0.25) is 9.59 Å². The molecule has 1 aromatic heterocycles. The van der Waals surface area contributed by atoms with E-state index in [9.17, 15) is 14.0 Å². The second-order valence-electron chi connectivity index (χ2n) is 5.94. The number of hydrogen-bond acceptors (Lipinski definition) is 4. The van der Waals surface area contributed by atoms with Crippen LogP contribution in [0.5, 0.6) is 0 Å². The Morgan fingerprint density at radius 2 is 1.84 bits per heavy atom. The molecule has 1 aromatic carbocycles. The molecule has 0 N–H and O–H groups in total. The summed E-state index contributed by atoms with van der Waals surface area (Å²) in [6, 6.07) is 7.56. The van der Waals surface area contributed by atoms with Crippen LogP contribution < -0.4 is 4.90 Å². The summed E-state index contributed by atoms with van der Waals surface area (Å²) in [5.74, 6) is -1.36. The average molecular weight is 377 g/mol. The first kappa shape index (κ1) is 16.3. The molecule has 0 spiro atoms. The Hall–Kier alpha value is -2.18. The number of rotatable bonds is 3. The molecule has 2 aliphatic rings. The van der Waals surface area contributed by atoms with Crippen LogP contribution in [0.3, 0.4) is 0 Å². The van der Waals surface area contributed by atoms with Crippen molar-refractivity contribution in [2.45, 2.75) is 12.8 Å². The first-order valence-electron chi connectivity index (χ1n) is 7.95. The van der Waals surface area contributed by atoms with Gasteiger partial charge in [-0.25, -0.2) is 9.29 Å². The number of carbonyl (C=O) groups excluding carboxylic acids is 2. The summed E-state index contributed by atoms with van der Waals surface area (Å²) >= 11 is 7.26. The van der Waals surface area contributed by atoms with Gasteiger partial charge in [-0.1, -0.05) is 17.7 Å². The minimum Gasteiger partial charge on any atom is -0.366 e. The maximum atomic E-state index is 13.5. The normalized spacial score (nSPS) is 18.0. The van der Waals surface area contributed by atoms with Crippen LogP contribution in [-0.4, -0.2) is 29.8 Å². The van der Waals surface area contributed by atoms with Crippen molar-refractivity contribution in [2.75, 3.05) is 18.0 Å². The number of likely N-dealkylation sites (tertiary alicyclic amines) is 1. The van der Waals surface area contributed by atoms with E-state index in [2.05, 4.69) is 0 Å². The van der Waals surface area contributed by atoms with Gasteiger partial charge in [0.2, 0.25) is 0 Å². The molecule has 4 nitrogen and oxygen atoms in total. The molecule has 2 aliphatic heterocycles. The van der Waals surface area contributed by atoms with Gasteiger partial charge in [0.15, 0.2) is 0 Å². The third-order valence-electron chi connectivity index (χ3n) is 4.41. The quantitative estimate of drug-likeness (QED) is 0.762. The highest BCUT2D eigenvalue weighted by atomic mass is 35.5. The molecule has 2 aromatic rings. The summed E-state index contributed by atoms with van der Waals surface area (Å²) in [5, 5.41) is 1.75. The molecular weight excluding hydrogens is 363 g/mol. The second-order valence-corrected chi connectivity index (χ2v) is 7.29. The predicted octanol–water partition coefficient (Wildman–Crippen LogP) is 3.92. The molecule has 3 heterocycles. The molecule has 1 saturated heterocycles. The van der Waals surface area contributed by atoms with Crippen LogP contribution in [0, 0.1) is 5.82 Å². The number of halogens is 2. The van der Waals surface area contributed by atoms with E-state index >= 15 is 0 Å². The number of thiophene rings is 1. The maximum Gasteiger partial charge on any atom is 0.282 e. The van der Waals surface area contributed by atoms with Crippen molar-refractivity contribution in [3.8, 4) is 0 Å². The lowest BCUT2D eigenvalue weighted by Gasteiger charge is -2.20. The number of hydrogen-bond donors (Lipinski definition) is 0. The number of anilines is 1. The zero-order chi connectivity index (χ0) is 17.6. The highest BCUT2D eigenvalue weighted by Crippen LogP contribution is 2.38. The SMILES string of the molecule is O=C1C(c2cccs2)=C(N2CCCC2)C(=O)N1c1ccc(F)c(Cl)c1. The van der Waals surface area contributed by atoms with Gasteiger partial charge in [0.1, 0.15) is 11.5 Å².